The molecule has 3 aromatic rings. The van der Waals surface area contributed by atoms with Crippen LogP contribution in [0.4, 0.5) is 11.4 Å². The zero-order valence-electron chi connectivity index (χ0n) is 16.6. The van der Waals surface area contributed by atoms with Gasteiger partial charge in [-0.3, -0.25) is 0 Å². The van der Waals surface area contributed by atoms with Crippen molar-refractivity contribution in [3.05, 3.63) is 76.8 Å². The number of carbonyl (C=O) groups excluding carboxylic acids is 1. The van der Waals surface area contributed by atoms with E-state index in [1.165, 1.54) is 12.8 Å². The number of nitrogens with zero attached hydrogens (tertiary/aromatic N) is 2. The summed E-state index contributed by atoms with van der Waals surface area (Å²) in [6, 6.07) is 12.2. The first-order valence-corrected chi connectivity index (χ1v) is 10.2. The van der Waals surface area contributed by atoms with Crippen molar-refractivity contribution in [2.24, 2.45) is 7.05 Å². The number of aliphatic carboxylic acids is 1. The maximum absolute atomic E-state index is 10.7. The molecular weight excluding hydrogens is 409 g/mol. The number of aryl methyl sites for hydroxylation is 2. The first-order chi connectivity index (χ1) is 13.9. The van der Waals surface area contributed by atoms with Crippen molar-refractivity contribution in [2.45, 2.75) is 32.7 Å². The third-order valence-corrected chi connectivity index (χ3v) is 4.80. The predicted octanol–water partition coefficient (Wildman–Crippen LogP) is 4.14. The quantitative estimate of drug-likeness (QED) is 0.569. The predicted molar refractivity (Wildman–Crippen MR) is 115 cm³/mol. The van der Waals surface area contributed by atoms with E-state index in [1.54, 1.807) is 42.5 Å². The molecule has 3 rings (SSSR count). The second-order valence-corrected chi connectivity index (χ2v) is 7.41. The van der Waals surface area contributed by atoms with Gasteiger partial charge in [-0.15, -0.1) is 0 Å². The monoisotopic (exact) mass is 433 g/mol. The van der Waals surface area contributed by atoms with Crippen LogP contribution in [0, 0.1) is 0 Å². The number of benzene rings is 2. The standard InChI is InChI=1S/C14H11Cl2NO2.C8H15N2/c15-10-5-3-6-11(16)14(10)17-12-7-2-1-4-9(12)8-13(18)19;1-3-4-5-10-7-6-9(2)8-10/h1-7,17H,8H2,(H,18,19);6-8H,3-5H2,1-2H3/q;+1/p-1. The van der Waals surface area contributed by atoms with Crippen molar-refractivity contribution >= 4 is 40.5 Å². The second-order valence-electron chi connectivity index (χ2n) is 6.60. The Balaban J connectivity index is 0.000000253. The largest absolute Gasteiger partial charge is 0.550 e. The Hall–Kier alpha value is -2.50. The molecule has 7 heteroatoms. The van der Waals surface area contributed by atoms with Crippen molar-refractivity contribution < 1.29 is 14.5 Å². The fourth-order valence-corrected chi connectivity index (χ4v) is 3.17. The minimum absolute atomic E-state index is 0.175. The Labute approximate surface area is 181 Å². The lowest BCUT2D eigenvalue weighted by Crippen LogP contribution is -2.24. The van der Waals surface area contributed by atoms with Crippen molar-refractivity contribution in [2.75, 3.05) is 5.32 Å². The van der Waals surface area contributed by atoms with Gasteiger partial charge < -0.3 is 15.2 Å². The lowest BCUT2D eigenvalue weighted by Gasteiger charge is -2.14. The average molecular weight is 434 g/mol. The zero-order chi connectivity index (χ0) is 21.2. The highest BCUT2D eigenvalue weighted by Gasteiger charge is 2.08. The molecule has 0 atom stereocenters. The smallest absolute Gasteiger partial charge is 0.243 e. The van der Waals surface area contributed by atoms with Gasteiger partial charge in [0.1, 0.15) is 12.4 Å². The Morgan fingerprint density at radius 1 is 1.14 bits per heavy atom. The van der Waals surface area contributed by atoms with Gasteiger partial charge in [0, 0.05) is 18.1 Å². The number of hydrogen-bond donors (Lipinski definition) is 1. The number of rotatable bonds is 7. The minimum Gasteiger partial charge on any atom is -0.550 e. The Bertz CT molecular complexity index is 921. The van der Waals surface area contributed by atoms with E-state index < -0.39 is 5.97 Å². The summed E-state index contributed by atoms with van der Waals surface area (Å²) >= 11 is 12.1. The van der Waals surface area contributed by atoms with Gasteiger partial charge in [0.25, 0.3) is 0 Å². The summed E-state index contributed by atoms with van der Waals surface area (Å²) in [6.07, 6.45) is 8.64. The van der Waals surface area contributed by atoms with Crippen LogP contribution >= 0.6 is 23.2 Å². The van der Waals surface area contributed by atoms with E-state index in [0.717, 1.165) is 6.54 Å². The van der Waals surface area contributed by atoms with E-state index in [1.807, 2.05) is 7.05 Å². The van der Waals surface area contributed by atoms with Gasteiger partial charge in [-0.25, -0.2) is 9.13 Å². The second kappa shape index (κ2) is 11.5. The van der Waals surface area contributed by atoms with E-state index in [2.05, 4.69) is 40.1 Å². The van der Waals surface area contributed by atoms with E-state index in [4.69, 9.17) is 23.2 Å². The van der Waals surface area contributed by atoms with Crippen molar-refractivity contribution in [1.82, 2.24) is 4.57 Å². The molecule has 0 bridgehead atoms. The molecule has 0 aliphatic heterocycles. The first kappa shape index (κ1) is 22.8. The van der Waals surface area contributed by atoms with Crippen LogP contribution in [-0.4, -0.2) is 10.5 Å². The van der Waals surface area contributed by atoms with Gasteiger partial charge >= 0.3 is 0 Å². The molecule has 0 saturated carbocycles. The van der Waals surface area contributed by atoms with E-state index in [9.17, 15) is 9.90 Å². The molecule has 0 unspecified atom stereocenters. The van der Waals surface area contributed by atoms with Gasteiger partial charge in [-0.1, -0.05) is 60.8 Å². The summed E-state index contributed by atoms with van der Waals surface area (Å²) < 4.78 is 4.28. The van der Waals surface area contributed by atoms with Gasteiger partial charge in [0.2, 0.25) is 6.33 Å². The normalized spacial score (nSPS) is 10.2. The number of carboxylic acids is 1. The number of carboxylic acid groups (broad SMARTS) is 1. The Kier molecular flexibility index (Phi) is 9.03. The van der Waals surface area contributed by atoms with Gasteiger partial charge in [0.05, 0.1) is 29.3 Å². The van der Waals surface area contributed by atoms with Crippen LogP contribution in [0.2, 0.25) is 10.0 Å². The maximum Gasteiger partial charge on any atom is 0.243 e. The van der Waals surface area contributed by atoms with Gasteiger partial charge in [-0.2, -0.15) is 0 Å². The number of hydrogen-bond acceptors (Lipinski definition) is 3. The zero-order valence-corrected chi connectivity index (χ0v) is 18.1. The van der Waals surface area contributed by atoms with Crippen LogP contribution < -0.4 is 15.0 Å². The number of anilines is 2. The number of unbranched alkanes of at least 4 members (excludes halogenated alkanes) is 1. The molecule has 0 amide bonds. The summed E-state index contributed by atoms with van der Waals surface area (Å²) in [6.45, 7) is 3.36. The number of aromatic nitrogens is 2. The fourth-order valence-electron chi connectivity index (χ4n) is 2.68. The Morgan fingerprint density at radius 2 is 1.83 bits per heavy atom. The number of carbonyl (C=O) groups is 1. The average Bonchev–Trinajstić information content (AvgIpc) is 3.10. The molecule has 2 aromatic carbocycles. The third kappa shape index (κ3) is 7.44. The van der Waals surface area contributed by atoms with Gasteiger partial charge in [0.15, 0.2) is 0 Å². The number of para-hydroxylation sites is 2. The molecule has 1 N–H and O–H groups in total. The highest BCUT2D eigenvalue weighted by molar-refractivity contribution is 6.39. The van der Waals surface area contributed by atoms with Crippen molar-refractivity contribution in [3.8, 4) is 0 Å². The Morgan fingerprint density at radius 3 is 2.41 bits per heavy atom. The van der Waals surface area contributed by atoms with Gasteiger partial charge in [-0.05, 0) is 30.2 Å². The van der Waals surface area contributed by atoms with E-state index >= 15 is 0 Å². The molecule has 0 spiro atoms. The highest BCUT2D eigenvalue weighted by Crippen LogP contribution is 2.33. The van der Waals surface area contributed by atoms with Crippen molar-refractivity contribution in [3.63, 3.8) is 0 Å². The summed E-state index contributed by atoms with van der Waals surface area (Å²) in [5.41, 5.74) is 1.80. The molecule has 0 saturated heterocycles. The van der Waals surface area contributed by atoms with Crippen LogP contribution in [0.25, 0.3) is 0 Å². The van der Waals surface area contributed by atoms with Crippen LogP contribution in [0.15, 0.2) is 61.2 Å². The SMILES string of the molecule is CCCCn1cc[n+](C)c1.O=C([O-])Cc1ccccc1Nc1c(Cl)cccc1Cl. The minimum atomic E-state index is -1.14. The number of imidazole rings is 1. The molecule has 0 aliphatic rings. The molecule has 0 radical (unpaired) electrons. The summed E-state index contributed by atoms with van der Waals surface area (Å²) in [5.74, 6) is -1.14. The van der Waals surface area contributed by atoms with Crippen LogP contribution in [-0.2, 0) is 24.8 Å². The molecule has 0 fully saturated rings. The lowest BCUT2D eigenvalue weighted by molar-refractivity contribution is -0.671. The molecule has 1 heterocycles. The van der Waals surface area contributed by atoms with Crippen LogP contribution in [0.5, 0.6) is 0 Å². The van der Waals surface area contributed by atoms with E-state index in [0.29, 0.717) is 27.0 Å². The molecule has 5 nitrogen and oxygen atoms in total. The topological polar surface area (TPSA) is 61.0 Å². The molecule has 29 heavy (non-hydrogen) atoms. The summed E-state index contributed by atoms with van der Waals surface area (Å²) in [4.78, 5) is 10.7. The third-order valence-electron chi connectivity index (χ3n) is 4.17. The molecular formula is C22H25Cl2N3O2. The maximum atomic E-state index is 10.7. The molecule has 154 valence electrons. The van der Waals surface area contributed by atoms with Crippen LogP contribution in [0.1, 0.15) is 25.3 Å². The highest BCUT2D eigenvalue weighted by atomic mass is 35.5. The summed E-state index contributed by atoms with van der Waals surface area (Å²) in [5, 5.41) is 14.7. The number of halogens is 2. The molecule has 0 aliphatic carbocycles. The van der Waals surface area contributed by atoms with E-state index in [-0.39, 0.29) is 6.42 Å². The fraction of sp³-hybridized carbons (Fsp3) is 0.273. The molecule has 1 aromatic heterocycles. The summed E-state index contributed by atoms with van der Waals surface area (Å²) in [7, 11) is 2.04. The lowest BCUT2D eigenvalue weighted by atomic mass is 10.1. The first-order valence-electron chi connectivity index (χ1n) is 9.40. The van der Waals surface area contributed by atoms with Crippen LogP contribution in [0.3, 0.4) is 0 Å². The van der Waals surface area contributed by atoms with Crippen molar-refractivity contribution in [1.29, 1.82) is 0 Å². The number of nitrogens with one attached hydrogen (secondary N) is 1.